The van der Waals surface area contributed by atoms with Crippen LogP contribution >= 0.6 is 11.3 Å². The van der Waals surface area contributed by atoms with Crippen molar-refractivity contribution in [1.29, 1.82) is 0 Å². The molecule has 7 heteroatoms. The predicted octanol–water partition coefficient (Wildman–Crippen LogP) is 4.74. The molecule has 1 heterocycles. The summed E-state index contributed by atoms with van der Waals surface area (Å²) in [5.74, 6) is 0.935. The van der Waals surface area contributed by atoms with E-state index in [1.807, 2.05) is 38.1 Å². The summed E-state index contributed by atoms with van der Waals surface area (Å²) in [5, 5.41) is 3.58. The minimum absolute atomic E-state index is 0.0168. The van der Waals surface area contributed by atoms with E-state index in [-0.39, 0.29) is 18.3 Å². The Balaban J connectivity index is 1.60. The van der Waals surface area contributed by atoms with Crippen molar-refractivity contribution in [3.05, 3.63) is 59.1 Å². The lowest BCUT2D eigenvalue weighted by Crippen LogP contribution is -2.20. The van der Waals surface area contributed by atoms with Crippen molar-refractivity contribution in [2.75, 3.05) is 18.5 Å². The van der Waals surface area contributed by atoms with Gasteiger partial charge in [0, 0.05) is 12.5 Å². The normalized spacial score (nSPS) is 10.4. The molecule has 3 aromatic rings. The highest BCUT2D eigenvalue weighted by Gasteiger charge is 2.13. The molecule has 0 unspecified atom stereocenters. The molecule has 0 bridgehead atoms. The fraction of sp³-hybridized carbons (Fsp3) is 0.227. The molecule has 29 heavy (non-hydrogen) atoms. The van der Waals surface area contributed by atoms with E-state index in [1.54, 1.807) is 31.2 Å². The van der Waals surface area contributed by atoms with E-state index in [1.165, 1.54) is 11.3 Å². The molecule has 6 nitrogen and oxygen atoms in total. The maximum atomic E-state index is 12.2. The summed E-state index contributed by atoms with van der Waals surface area (Å²) < 4.78 is 11.1. The van der Waals surface area contributed by atoms with Gasteiger partial charge in [-0.15, -0.1) is 11.3 Å². The number of hydrogen-bond donors (Lipinski definition) is 1. The number of nitrogens with one attached hydrogen (secondary N) is 1. The van der Waals surface area contributed by atoms with Gasteiger partial charge in [0.1, 0.15) is 16.5 Å². The minimum atomic E-state index is -0.275. The van der Waals surface area contributed by atoms with Crippen molar-refractivity contribution in [3.63, 3.8) is 0 Å². The standard InChI is InChI=1S/C22H22N2O4S/c1-4-27-19-8-6-5-7-18(19)24-20(26)13-28-17-11-9-16(10-12-17)22-23-14(2)21(29-22)15(3)25/h5-12H,4,13H2,1-3H3,(H,24,26). The Morgan fingerprint density at radius 2 is 1.79 bits per heavy atom. The number of ketones is 1. The lowest BCUT2D eigenvalue weighted by molar-refractivity contribution is -0.118. The Kier molecular flexibility index (Phi) is 6.61. The third-order valence-electron chi connectivity index (χ3n) is 4.05. The van der Waals surface area contributed by atoms with Crippen molar-refractivity contribution < 1.29 is 19.1 Å². The second kappa shape index (κ2) is 9.34. The highest BCUT2D eigenvalue weighted by Crippen LogP contribution is 2.29. The largest absolute Gasteiger partial charge is 0.492 e. The first kappa shape index (κ1) is 20.5. The van der Waals surface area contributed by atoms with Gasteiger partial charge >= 0.3 is 0 Å². The molecule has 0 spiro atoms. The fourth-order valence-electron chi connectivity index (χ4n) is 2.73. The van der Waals surface area contributed by atoms with Crippen LogP contribution < -0.4 is 14.8 Å². The fourth-order valence-corrected chi connectivity index (χ4v) is 3.69. The number of thiazole rings is 1. The van der Waals surface area contributed by atoms with E-state index in [2.05, 4.69) is 10.3 Å². The average Bonchev–Trinajstić information content (AvgIpc) is 3.10. The number of hydrogen-bond acceptors (Lipinski definition) is 6. The molecule has 0 atom stereocenters. The van der Waals surface area contributed by atoms with Gasteiger partial charge in [0.2, 0.25) is 0 Å². The Hall–Kier alpha value is -3.19. The molecule has 0 aliphatic carbocycles. The van der Waals surface area contributed by atoms with E-state index in [4.69, 9.17) is 9.47 Å². The van der Waals surface area contributed by atoms with E-state index >= 15 is 0 Å². The van der Waals surface area contributed by atoms with Crippen LogP contribution in [-0.4, -0.2) is 29.9 Å². The van der Waals surface area contributed by atoms with Crippen LogP contribution in [0.2, 0.25) is 0 Å². The number of amides is 1. The topological polar surface area (TPSA) is 77.5 Å². The minimum Gasteiger partial charge on any atom is -0.492 e. The van der Waals surface area contributed by atoms with Gasteiger partial charge in [-0.2, -0.15) is 0 Å². The molecule has 0 saturated heterocycles. The summed E-state index contributed by atoms with van der Waals surface area (Å²) >= 11 is 1.37. The SMILES string of the molecule is CCOc1ccccc1NC(=O)COc1ccc(-c2nc(C)c(C(C)=O)s2)cc1. The van der Waals surface area contributed by atoms with Crippen LogP contribution in [-0.2, 0) is 4.79 Å². The second-order valence-corrected chi connectivity index (χ2v) is 7.28. The maximum Gasteiger partial charge on any atom is 0.262 e. The second-order valence-electron chi connectivity index (χ2n) is 6.28. The summed E-state index contributed by atoms with van der Waals surface area (Å²) in [6.45, 7) is 5.65. The van der Waals surface area contributed by atoms with Crippen LogP contribution in [0, 0.1) is 6.92 Å². The average molecular weight is 410 g/mol. The first-order valence-corrected chi connectivity index (χ1v) is 10.0. The van der Waals surface area contributed by atoms with Crippen molar-refractivity contribution >= 4 is 28.7 Å². The zero-order valence-corrected chi connectivity index (χ0v) is 17.3. The highest BCUT2D eigenvalue weighted by molar-refractivity contribution is 7.17. The molecule has 0 aliphatic heterocycles. The zero-order valence-electron chi connectivity index (χ0n) is 16.5. The number of carbonyl (C=O) groups excluding carboxylic acids is 2. The first-order valence-electron chi connectivity index (χ1n) is 9.21. The van der Waals surface area contributed by atoms with Crippen LogP contribution in [0.1, 0.15) is 29.2 Å². The quantitative estimate of drug-likeness (QED) is 0.543. The Bertz CT molecular complexity index is 1010. The lowest BCUT2D eigenvalue weighted by Gasteiger charge is -2.12. The van der Waals surface area contributed by atoms with Crippen molar-refractivity contribution in [1.82, 2.24) is 4.98 Å². The van der Waals surface area contributed by atoms with Crippen molar-refractivity contribution in [3.8, 4) is 22.1 Å². The monoisotopic (exact) mass is 410 g/mol. The summed E-state index contributed by atoms with van der Waals surface area (Å²) in [7, 11) is 0. The number of ether oxygens (including phenoxy) is 2. The van der Waals surface area contributed by atoms with Gasteiger partial charge in [0.15, 0.2) is 12.4 Å². The maximum absolute atomic E-state index is 12.2. The summed E-state index contributed by atoms with van der Waals surface area (Å²) in [5.41, 5.74) is 2.24. The summed E-state index contributed by atoms with van der Waals surface area (Å²) in [6, 6.07) is 14.5. The number of Topliss-reactive ketones (excluding diaryl/α,β-unsaturated/α-hetero) is 1. The number of benzene rings is 2. The van der Waals surface area contributed by atoms with E-state index in [0.717, 1.165) is 16.3 Å². The number of anilines is 1. The Morgan fingerprint density at radius 1 is 1.07 bits per heavy atom. The molecule has 1 amide bonds. The molecular weight excluding hydrogens is 388 g/mol. The molecular formula is C22H22N2O4S. The highest BCUT2D eigenvalue weighted by atomic mass is 32.1. The molecule has 0 fully saturated rings. The van der Waals surface area contributed by atoms with Crippen LogP contribution in [0.3, 0.4) is 0 Å². The number of rotatable bonds is 8. The van der Waals surface area contributed by atoms with Crippen LogP contribution in [0.5, 0.6) is 11.5 Å². The molecule has 0 radical (unpaired) electrons. The Morgan fingerprint density at radius 3 is 2.45 bits per heavy atom. The third-order valence-corrected chi connectivity index (χ3v) is 5.36. The molecule has 1 aromatic heterocycles. The number of aromatic nitrogens is 1. The molecule has 150 valence electrons. The molecule has 1 N–H and O–H groups in total. The first-order chi connectivity index (χ1) is 14.0. The number of para-hydroxylation sites is 2. The van der Waals surface area contributed by atoms with Crippen molar-refractivity contribution in [2.45, 2.75) is 20.8 Å². The lowest BCUT2D eigenvalue weighted by atomic mass is 10.2. The van der Waals surface area contributed by atoms with Gasteiger partial charge < -0.3 is 14.8 Å². The Labute approximate surface area is 173 Å². The van der Waals surface area contributed by atoms with E-state index in [9.17, 15) is 9.59 Å². The van der Waals surface area contributed by atoms with Gasteiger partial charge in [-0.05, 0) is 50.2 Å². The third kappa shape index (κ3) is 5.20. The van der Waals surface area contributed by atoms with Gasteiger partial charge in [-0.25, -0.2) is 4.98 Å². The summed E-state index contributed by atoms with van der Waals surface area (Å²) in [6.07, 6.45) is 0. The predicted molar refractivity (Wildman–Crippen MR) is 114 cm³/mol. The number of aryl methyl sites for hydroxylation is 1. The van der Waals surface area contributed by atoms with Crippen LogP contribution in [0.25, 0.3) is 10.6 Å². The van der Waals surface area contributed by atoms with Gasteiger partial charge in [-0.3, -0.25) is 9.59 Å². The molecule has 2 aromatic carbocycles. The number of carbonyl (C=O) groups is 2. The van der Waals surface area contributed by atoms with Crippen molar-refractivity contribution in [2.24, 2.45) is 0 Å². The summed E-state index contributed by atoms with van der Waals surface area (Å²) in [4.78, 5) is 28.9. The van der Waals surface area contributed by atoms with Gasteiger partial charge in [0.05, 0.1) is 22.9 Å². The molecule has 0 saturated carbocycles. The van der Waals surface area contributed by atoms with Gasteiger partial charge in [-0.1, -0.05) is 12.1 Å². The van der Waals surface area contributed by atoms with Crippen LogP contribution in [0.4, 0.5) is 5.69 Å². The van der Waals surface area contributed by atoms with E-state index < -0.39 is 0 Å². The van der Waals surface area contributed by atoms with E-state index in [0.29, 0.717) is 28.7 Å². The molecule has 3 rings (SSSR count). The molecule has 0 aliphatic rings. The zero-order chi connectivity index (χ0) is 20.8. The smallest absolute Gasteiger partial charge is 0.262 e. The van der Waals surface area contributed by atoms with Crippen LogP contribution in [0.15, 0.2) is 48.5 Å². The van der Waals surface area contributed by atoms with Gasteiger partial charge in [0.25, 0.3) is 5.91 Å². The number of nitrogens with zero attached hydrogens (tertiary/aromatic N) is 1.